The van der Waals surface area contributed by atoms with Crippen molar-refractivity contribution in [1.82, 2.24) is 10.2 Å². The smallest absolute Gasteiger partial charge is 0.234 e. The van der Waals surface area contributed by atoms with Crippen molar-refractivity contribution < 1.29 is 4.79 Å². The highest BCUT2D eigenvalue weighted by Crippen LogP contribution is 2.22. The molecule has 1 saturated carbocycles. The molecule has 4 heteroatoms. The standard InChI is InChI=1S/C13H27N3O/c1-3-9-15-12(13(14)17)8-10-16(2)11-6-4-5-7-11/h11-12,15H,3-10H2,1-2H3,(H2,14,17). The summed E-state index contributed by atoms with van der Waals surface area (Å²) < 4.78 is 0. The molecule has 0 radical (unpaired) electrons. The lowest BCUT2D eigenvalue weighted by molar-refractivity contribution is -0.120. The summed E-state index contributed by atoms with van der Waals surface area (Å²) in [7, 11) is 2.16. The van der Waals surface area contributed by atoms with Crippen LogP contribution in [0.5, 0.6) is 0 Å². The maximum Gasteiger partial charge on any atom is 0.234 e. The molecule has 0 spiro atoms. The Morgan fingerprint density at radius 1 is 1.47 bits per heavy atom. The second kappa shape index (κ2) is 7.67. The van der Waals surface area contributed by atoms with Crippen LogP contribution in [0, 0.1) is 0 Å². The normalized spacial score (nSPS) is 18.8. The van der Waals surface area contributed by atoms with Crippen LogP contribution in [0.3, 0.4) is 0 Å². The molecule has 0 aliphatic heterocycles. The minimum absolute atomic E-state index is 0.168. The lowest BCUT2D eigenvalue weighted by Crippen LogP contribution is -2.44. The molecule has 3 N–H and O–H groups in total. The third kappa shape index (κ3) is 5.04. The van der Waals surface area contributed by atoms with Gasteiger partial charge in [-0.1, -0.05) is 19.8 Å². The van der Waals surface area contributed by atoms with Gasteiger partial charge in [0.2, 0.25) is 5.91 Å². The van der Waals surface area contributed by atoms with Gasteiger partial charge in [0.1, 0.15) is 0 Å². The molecule has 0 saturated heterocycles. The Balaban J connectivity index is 2.27. The van der Waals surface area contributed by atoms with Gasteiger partial charge in [-0.3, -0.25) is 4.79 Å². The van der Waals surface area contributed by atoms with Gasteiger partial charge in [-0.15, -0.1) is 0 Å². The van der Waals surface area contributed by atoms with Gasteiger partial charge in [-0.2, -0.15) is 0 Å². The number of amides is 1. The molecular formula is C13H27N3O. The van der Waals surface area contributed by atoms with E-state index in [9.17, 15) is 4.79 Å². The van der Waals surface area contributed by atoms with E-state index >= 15 is 0 Å². The average Bonchev–Trinajstić information content (AvgIpc) is 2.81. The zero-order valence-electron chi connectivity index (χ0n) is 11.2. The van der Waals surface area contributed by atoms with Crippen molar-refractivity contribution in [2.45, 2.75) is 57.5 Å². The first-order chi connectivity index (χ1) is 8.15. The SMILES string of the molecule is CCCNC(CCN(C)C1CCCC1)C(N)=O. The fourth-order valence-electron chi connectivity index (χ4n) is 2.52. The van der Waals surface area contributed by atoms with Crippen LogP contribution in [0.25, 0.3) is 0 Å². The Morgan fingerprint density at radius 3 is 2.65 bits per heavy atom. The van der Waals surface area contributed by atoms with Crippen LogP contribution >= 0.6 is 0 Å². The maximum absolute atomic E-state index is 11.3. The van der Waals surface area contributed by atoms with E-state index in [0.29, 0.717) is 0 Å². The van der Waals surface area contributed by atoms with Crippen molar-refractivity contribution in [3.63, 3.8) is 0 Å². The minimum atomic E-state index is -0.224. The number of nitrogens with one attached hydrogen (secondary N) is 1. The van der Waals surface area contributed by atoms with Crippen molar-refractivity contribution in [2.75, 3.05) is 20.1 Å². The van der Waals surface area contributed by atoms with E-state index in [1.807, 2.05) is 0 Å². The first-order valence-electron chi connectivity index (χ1n) is 6.88. The topological polar surface area (TPSA) is 58.4 Å². The lowest BCUT2D eigenvalue weighted by Gasteiger charge is -2.25. The van der Waals surface area contributed by atoms with Gasteiger partial charge in [0.05, 0.1) is 6.04 Å². The van der Waals surface area contributed by atoms with E-state index in [1.165, 1.54) is 25.7 Å². The molecule has 0 heterocycles. The first-order valence-corrected chi connectivity index (χ1v) is 6.88. The number of rotatable bonds is 8. The molecule has 1 aliphatic rings. The molecule has 0 bridgehead atoms. The number of carbonyl (C=O) groups excluding carboxylic acids is 1. The summed E-state index contributed by atoms with van der Waals surface area (Å²) in [5, 5.41) is 3.21. The van der Waals surface area contributed by atoms with Crippen molar-refractivity contribution in [2.24, 2.45) is 5.73 Å². The van der Waals surface area contributed by atoms with Gasteiger partial charge in [-0.25, -0.2) is 0 Å². The first kappa shape index (κ1) is 14.5. The van der Waals surface area contributed by atoms with Crippen LogP contribution in [0.15, 0.2) is 0 Å². The molecule has 1 atom stereocenters. The zero-order chi connectivity index (χ0) is 12.7. The van der Waals surface area contributed by atoms with Gasteiger partial charge < -0.3 is 16.0 Å². The van der Waals surface area contributed by atoms with E-state index in [2.05, 4.69) is 24.2 Å². The number of hydrogen-bond donors (Lipinski definition) is 2. The third-order valence-corrected chi connectivity index (χ3v) is 3.70. The number of hydrogen-bond acceptors (Lipinski definition) is 3. The Labute approximate surface area is 105 Å². The van der Waals surface area contributed by atoms with E-state index in [-0.39, 0.29) is 11.9 Å². The largest absolute Gasteiger partial charge is 0.368 e. The molecule has 0 aromatic heterocycles. The van der Waals surface area contributed by atoms with Crippen LogP contribution in [-0.2, 0) is 4.79 Å². The van der Waals surface area contributed by atoms with Crippen LogP contribution in [0.2, 0.25) is 0 Å². The lowest BCUT2D eigenvalue weighted by atomic mass is 10.1. The van der Waals surface area contributed by atoms with Crippen LogP contribution in [0.1, 0.15) is 45.4 Å². The summed E-state index contributed by atoms with van der Waals surface area (Å²) in [5.41, 5.74) is 5.40. The number of nitrogens with two attached hydrogens (primary N) is 1. The number of carbonyl (C=O) groups is 1. The molecule has 0 aromatic carbocycles. The predicted octanol–water partition coefficient (Wildman–Crippen LogP) is 1.10. The third-order valence-electron chi connectivity index (χ3n) is 3.70. The molecule has 1 rings (SSSR count). The molecular weight excluding hydrogens is 214 g/mol. The number of nitrogens with zero attached hydrogens (tertiary/aromatic N) is 1. The summed E-state index contributed by atoms with van der Waals surface area (Å²) >= 11 is 0. The Hall–Kier alpha value is -0.610. The molecule has 1 unspecified atom stereocenters. The van der Waals surface area contributed by atoms with Crippen LogP contribution in [-0.4, -0.2) is 43.0 Å². The van der Waals surface area contributed by atoms with Gasteiger partial charge in [0.25, 0.3) is 0 Å². The zero-order valence-corrected chi connectivity index (χ0v) is 11.2. The fraction of sp³-hybridized carbons (Fsp3) is 0.923. The highest BCUT2D eigenvalue weighted by Gasteiger charge is 2.21. The van der Waals surface area contributed by atoms with Gasteiger partial charge in [-0.05, 0) is 39.3 Å². The van der Waals surface area contributed by atoms with Crippen LogP contribution in [0.4, 0.5) is 0 Å². The highest BCUT2D eigenvalue weighted by atomic mass is 16.1. The minimum Gasteiger partial charge on any atom is -0.368 e. The monoisotopic (exact) mass is 241 g/mol. The summed E-state index contributed by atoms with van der Waals surface area (Å²) in [6.07, 6.45) is 7.16. The van der Waals surface area contributed by atoms with Crippen molar-refractivity contribution >= 4 is 5.91 Å². The quantitative estimate of drug-likeness (QED) is 0.669. The molecule has 100 valence electrons. The second-order valence-corrected chi connectivity index (χ2v) is 5.12. The molecule has 17 heavy (non-hydrogen) atoms. The Morgan fingerprint density at radius 2 is 2.12 bits per heavy atom. The van der Waals surface area contributed by atoms with Crippen molar-refractivity contribution in [3.8, 4) is 0 Å². The fourth-order valence-corrected chi connectivity index (χ4v) is 2.52. The summed E-state index contributed by atoms with van der Waals surface area (Å²) in [5.74, 6) is -0.224. The molecule has 1 aliphatic carbocycles. The highest BCUT2D eigenvalue weighted by molar-refractivity contribution is 5.79. The number of primary amides is 1. The van der Waals surface area contributed by atoms with E-state index in [1.54, 1.807) is 0 Å². The second-order valence-electron chi connectivity index (χ2n) is 5.12. The Bertz CT molecular complexity index is 227. The molecule has 1 amide bonds. The van der Waals surface area contributed by atoms with Crippen molar-refractivity contribution in [1.29, 1.82) is 0 Å². The summed E-state index contributed by atoms with van der Waals surface area (Å²) in [6.45, 7) is 3.91. The van der Waals surface area contributed by atoms with E-state index in [4.69, 9.17) is 5.73 Å². The van der Waals surface area contributed by atoms with E-state index < -0.39 is 0 Å². The maximum atomic E-state index is 11.3. The van der Waals surface area contributed by atoms with Gasteiger partial charge in [0.15, 0.2) is 0 Å². The van der Waals surface area contributed by atoms with E-state index in [0.717, 1.165) is 32.0 Å². The van der Waals surface area contributed by atoms with Gasteiger partial charge >= 0.3 is 0 Å². The van der Waals surface area contributed by atoms with Gasteiger partial charge in [0, 0.05) is 12.6 Å². The predicted molar refractivity (Wildman–Crippen MR) is 70.8 cm³/mol. The summed E-state index contributed by atoms with van der Waals surface area (Å²) in [6, 6.07) is 0.550. The average molecular weight is 241 g/mol. The summed E-state index contributed by atoms with van der Waals surface area (Å²) in [4.78, 5) is 13.7. The molecule has 0 aromatic rings. The van der Waals surface area contributed by atoms with Crippen LogP contribution < -0.4 is 11.1 Å². The molecule has 4 nitrogen and oxygen atoms in total. The molecule has 1 fully saturated rings. The Kier molecular flexibility index (Phi) is 6.52. The van der Waals surface area contributed by atoms with Crippen molar-refractivity contribution in [3.05, 3.63) is 0 Å².